The van der Waals surface area contributed by atoms with Gasteiger partial charge in [-0.3, -0.25) is 0 Å². The Morgan fingerprint density at radius 3 is 2.56 bits per heavy atom. The lowest BCUT2D eigenvalue weighted by Crippen LogP contribution is -1.93. The number of ether oxygens (including phenoxy) is 1. The first kappa shape index (κ1) is 12.6. The summed E-state index contributed by atoms with van der Waals surface area (Å²) in [5.41, 5.74) is 1.35. The van der Waals surface area contributed by atoms with Gasteiger partial charge in [0.15, 0.2) is 0 Å². The molecule has 0 amide bonds. The van der Waals surface area contributed by atoms with Gasteiger partial charge >= 0.3 is 0 Å². The van der Waals surface area contributed by atoms with Gasteiger partial charge in [0.25, 0.3) is 0 Å². The molecule has 3 nitrogen and oxygen atoms in total. The largest absolute Gasteiger partial charge is 0.439 e. The van der Waals surface area contributed by atoms with E-state index in [2.05, 4.69) is 35.9 Å². The second-order valence-electron chi connectivity index (χ2n) is 4.41. The van der Waals surface area contributed by atoms with Crippen molar-refractivity contribution in [2.24, 2.45) is 0 Å². The maximum Gasteiger partial charge on any atom is 0.222 e. The van der Waals surface area contributed by atoms with Gasteiger partial charge in [-0.1, -0.05) is 32.4 Å². The summed E-state index contributed by atoms with van der Waals surface area (Å²) in [5.74, 6) is 1.98. The van der Waals surface area contributed by atoms with Crippen molar-refractivity contribution in [3.8, 4) is 11.6 Å². The van der Waals surface area contributed by atoms with Crippen molar-refractivity contribution < 1.29 is 4.74 Å². The highest BCUT2D eigenvalue weighted by Crippen LogP contribution is 2.24. The lowest BCUT2D eigenvalue weighted by molar-refractivity contribution is 0.461. The highest BCUT2D eigenvalue weighted by atomic mass is 16.5. The van der Waals surface area contributed by atoms with Gasteiger partial charge in [0.2, 0.25) is 5.88 Å². The Bertz CT molecular complexity index is 468. The standard InChI is InChI=1S/C15H18N2O/c1-3-4-12(2)13-5-7-14(8-6-13)18-15-9-10-16-11-17-15/h5-12H,3-4H2,1-2H3. The predicted molar refractivity (Wildman–Crippen MR) is 71.9 cm³/mol. The zero-order valence-electron chi connectivity index (χ0n) is 10.8. The summed E-state index contributed by atoms with van der Waals surface area (Å²) >= 11 is 0. The minimum Gasteiger partial charge on any atom is -0.439 e. The van der Waals surface area contributed by atoms with Crippen LogP contribution in [0.4, 0.5) is 0 Å². The van der Waals surface area contributed by atoms with E-state index in [-0.39, 0.29) is 0 Å². The molecule has 0 spiro atoms. The van der Waals surface area contributed by atoms with E-state index in [1.807, 2.05) is 12.1 Å². The van der Waals surface area contributed by atoms with E-state index >= 15 is 0 Å². The minimum absolute atomic E-state index is 0.569. The zero-order valence-corrected chi connectivity index (χ0v) is 10.8. The number of benzene rings is 1. The molecule has 0 aliphatic rings. The topological polar surface area (TPSA) is 35.0 Å². The molecule has 1 aromatic carbocycles. The Balaban J connectivity index is 2.04. The van der Waals surface area contributed by atoms with Crippen LogP contribution in [-0.2, 0) is 0 Å². The molecule has 0 N–H and O–H groups in total. The van der Waals surface area contributed by atoms with Crippen LogP contribution in [0.3, 0.4) is 0 Å². The Hall–Kier alpha value is -1.90. The fourth-order valence-corrected chi connectivity index (χ4v) is 1.92. The molecule has 1 atom stereocenters. The first-order valence-electron chi connectivity index (χ1n) is 6.33. The average Bonchev–Trinajstić information content (AvgIpc) is 2.41. The molecule has 0 saturated carbocycles. The van der Waals surface area contributed by atoms with Crippen LogP contribution < -0.4 is 4.74 Å². The van der Waals surface area contributed by atoms with Gasteiger partial charge in [0.1, 0.15) is 12.1 Å². The van der Waals surface area contributed by atoms with Crippen molar-refractivity contribution in [1.29, 1.82) is 0 Å². The average molecular weight is 242 g/mol. The number of hydrogen-bond acceptors (Lipinski definition) is 3. The molecule has 18 heavy (non-hydrogen) atoms. The zero-order chi connectivity index (χ0) is 12.8. The highest BCUT2D eigenvalue weighted by molar-refractivity contribution is 5.31. The van der Waals surface area contributed by atoms with Crippen molar-refractivity contribution in [2.75, 3.05) is 0 Å². The maximum absolute atomic E-state index is 5.62. The predicted octanol–water partition coefficient (Wildman–Crippen LogP) is 4.17. The summed E-state index contributed by atoms with van der Waals surface area (Å²) in [6, 6.07) is 9.97. The van der Waals surface area contributed by atoms with E-state index in [1.165, 1.54) is 24.7 Å². The first-order valence-corrected chi connectivity index (χ1v) is 6.33. The summed E-state index contributed by atoms with van der Waals surface area (Å²) < 4.78 is 5.62. The van der Waals surface area contributed by atoms with Crippen LogP contribution in [0.25, 0.3) is 0 Å². The fraction of sp³-hybridized carbons (Fsp3) is 0.333. The lowest BCUT2D eigenvalue weighted by Gasteiger charge is -2.11. The molecule has 0 aliphatic carbocycles. The quantitative estimate of drug-likeness (QED) is 0.789. The van der Waals surface area contributed by atoms with Crippen LogP contribution >= 0.6 is 0 Å². The molecule has 0 aliphatic heterocycles. The summed E-state index contributed by atoms with van der Waals surface area (Å²) in [6.07, 6.45) is 5.57. The summed E-state index contributed by atoms with van der Waals surface area (Å²) in [6.45, 7) is 4.47. The van der Waals surface area contributed by atoms with E-state index in [0.29, 0.717) is 11.8 Å². The molecule has 1 unspecified atom stereocenters. The van der Waals surface area contributed by atoms with Gasteiger partial charge in [-0.05, 0) is 30.0 Å². The van der Waals surface area contributed by atoms with Crippen LogP contribution in [0.1, 0.15) is 38.2 Å². The molecule has 2 aromatic rings. The normalized spacial score (nSPS) is 12.1. The van der Waals surface area contributed by atoms with Crippen LogP contribution in [-0.4, -0.2) is 9.97 Å². The Morgan fingerprint density at radius 2 is 1.94 bits per heavy atom. The monoisotopic (exact) mass is 242 g/mol. The summed E-state index contributed by atoms with van der Waals surface area (Å²) in [5, 5.41) is 0. The third-order valence-electron chi connectivity index (χ3n) is 2.95. The Labute approximate surface area is 108 Å². The van der Waals surface area contributed by atoms with Crippen molar-refractivity contribution in [3.63, 3.8) is 0 Å². The van der Waals surface area contributed by atoms with Crippen molar-refractivity contribution in [3.05, 3.63) is 48.4 Å². The molecule has 0 fully saturated rings. The molecule has 0 bridgehead atoms. The molecular weight excluding hydrogens is 224 g/mol. The minimum atomic E-state index is 0.569. The second kappa shape index (κ2) is 6.15. The fourth-order valence-electron chi connectivity index (χ4n) is 1.92. The smallest absolute Gasteiger partial charge is 0.222 e. The third-order valence-corrected chi connectivity index (χ3v) is 2.95. The van der Waals surface area contributed by atoms with E-state index in [1.54, 1.807) is 12.3 Å². The molecule has 3 heteroatoms. The van der Waals surface area contributed by atoms with Crippen LogP contribution in [0.15, 0.2) is 42.9 Å². The van der Waals surface area contributed by atoms with Gasteiger partial charge in [-0.2, -0.15) is 0 Å². The highest BCUT2D eigenvalue weighted by Gasteiger charge is 2.04. The summed E-state index contributed by atoms with van der Waals surface area (Å²) in [7, 11) is 0. The molecule has 94 valence electrons. The van der Waals surface area contributed by atoms with Crippen molar-refractivity contribution in [2.45, 2.75) is 32.6 Å². The number of rotatable bonds is 5. The molecule has 2 rings (SSSR count). The van der Waals surface area contributed by atoms with E-state index in [4.69, 9.17) is 4.74 Å². The number of nitrogens with zero attached hydrogens (tertiary/aromatic N) is 2. The van der Waals surface area contributed by atoms with Crippen molar-refractivity contribution >= 4 is 0 Å². The maximum atomic E-state index is 5.62. The van der Waals surface area contributed by atoms with E-state index < -0.39 is 0 Å². The SMILES string of the molecule is CCCC(C)c1ccc(Oc2ccncn2)cc1. The molecule has 1 heterocycles. The molecule has 1 aromatic heterocycles. The van der Waals surface area contributed by atoms with Gasteiger partial charge in [-0.25, -0.2) is 9.97 Å². The van der Waals surface area contributed by atoms with Gasteiger partial charge in [0.05, 0.1) is 0 Å². The van der Waals surface area contributed by atoms with Gasteiger partial charge < -0.3 is 4.74 Å². The molecule has 0 radical (unpaired) electrons. The lowest BCUT2D eigenvalue weighted by atomic mass is 9.97. The van der Waals surface area contributed by atoms with Crippen LogP contribution in [0.5, 0.6) is 11.6 Å². The second-order valence-corrected chi connectivity index (χ2v) is 4.41. The van der Waals surface area contributed by atoms with E-state index in [9.17, 15) is 0 Å². The number of aromatic nitrogens is 2. The first-order chi connectivity index (χ1) is 8.79. The Morgan fingerprint density at radius 1 is 1.17 bits per heavy atom. The van der Waals surface area contributed by atoms with Gasteiger partial charge in [0, 0.05) is 12.3 Å². The van der Waals surface area contributed by atoms with Crippen LogP contribution in [0, 0.1) is 0 Å². The molecular formula is C15H18N2O. The third kappa shape index (κ3) is 3.29. The Kier molecular flexibility index (Phi) is 4.29. The van der Waals surface area contributed by atoms with E-state index in [0.717, 1.165) is 5.75 Å². The molecule has 0 saturated heterocycles. The van der Waals surface area contributed by atoms with Crippen molar-refractivity contribution in [1.82, 2.24) is 9.97 Å². The van der Waals surface area contributed by atoms with Crippen LogP contribution in [0.2, 0.25) is 0 Å². The summed E-state index contributed by atoms with van der Waals surface area (Å²) in [4.78, 5) is 7.88. The van der Waals surface area contributed by atoms with Gasteiger partial charge in [-0.15, -0.1) is 0 Å². The number of hydrogen-bond donors (Lipinski definition) is 0.